The van der Waals surface area contributed by atoms with Crippen LogP contribution in [0.2, 0.25) is 0 Å². The van der Waals surface area contributed by atoms with Crippen molar-refractivity contribution in [1.82, 2.24) is 10.2 Å². The molecular weight excluding hydrogens is 314 g/mol. The third-order valence-electron chi connectivity index (χ3n) is 4.22. The van der Waals surface area contributed by atoms with Crippen molar-refractivity contribution in [3.8, 4) is 0 Å². The lowest BCUT2D eigenvalue weighted by atomic mass is 10.1. The van der Waals surface area contributed by atoms with Crippen LogP contribution in [0.5, 0.6) is 0 Å². The molecule has 2 aliphatic heterocycles. The number of aromatic amines is 1. The van der Waals surface area contributed by atoms with E-state index in [1.807, 2.05) is 6.92 Å². The number of amidine groups is 1. The van der Waals surface area contributed by atoms with Crippen molar-refractivity contribution < 1.29 is 8.42 Å². The quantitative estimate of drug-likeness (QED) is 0.874. The van der Waals surface area contributed by atoms with Gasteiger partial charge in [0.15, 0.2) is 5.82 Å². The Morgan fingerprint density at radius 2 is 2.13 bits per heavy atom. The van der Waals surface area contributed by atoms with Gasteiger partial charge in [-0.2, -0.15) is 13.5 Å². The Hall–Kier alpha value is -2.35. The Balaban J connectivity index is 1.65. The first-order chi connectivity index (χ1) is 11.0. The van der Waals surface area contributed by atoms with E-state index in [4.69, 9.17) is 0 Å². The molecule has 120 valence electrons. The van der Waals surface area contributed by atoms with Crippen LogP contribution in [0.3, 0.4) is 0 Å². The summed E-state index contributed by atoms with van der Waals surface area (Å²) in [6.45, 7) is 3.23. The Morgan fingerprint density at radius 3 is 3.00 bits per heavy atom. The lowest BCUT2D eigenvalue weighted by Crippen LogP contribution is -2.38. The Bertz CT molecular complexity index is 900. The molecule has 1 aromatic heterocycles. The van der Waals surface area contributed by atoms with E-state index in [2.05, 4.69) is 24.8 Å². The molecule has 2 aliphatic rings. The van der Waals surface area contributed by atoms with Gasteiger partial charge in [0.05, 0.1) is 12.2 Å². The summed E-state index contributed by atoms with van der Waals surface area (Å²) in [5.41, 5.74) is 2.85. The number of aryl methyl sites for hydroxylation is 1. The largest absolute Gasteiger partial charge is 0.347 e. The van der Waals surface area contributed by atoms with Crippen LogP contribution in [-0.4, -0.2) is 37.5 Å². The van der Waals surface area contributed by atoms with E-state index in [9.17, 15) is 8.42 Å². The maximum Gasteiger partial charge on any atom is 0.286 e. The fraction of sp³-hybridized carbons (Fsp3) is 0.333. The highest BCUT2D eigenvalue weighted by Crippen LogP contribution is 2.29. The summed E-state index contributed by atoms with van der Waals surface area (Å²) in [4.78, 5) is 2.29. The van der Waals surface area contributed by atoms with Crippen molar-refractivity contribution in [1.29, 1.82) is 0 Å². The first kappa shape index (κ1) is 14.3. The van der Waals surface area contributed by atoms with Crippen molar-refractivity contribution >= 4 is 27.4 Å². The van der Waals surface area contributed by atoms with Gasteiger partial charge in [-0.1, -0.05) is 12.1 Å². The Morgan fingerprint density at radius 1 is 1.30 bits per heavy atom. The molecular formula is C15H17N5O2S. The minimum atomic E-state index is -3.64. The van der Waals surface area contributed by atoms with Gasteiger partial charge in [-0.25, -0.2) is 0 Å². The number of rotatable bonds is 2. The van der Waals surface area contributed by atoms with Crippen molar-refractivity contribution in [2.45, 2.75) is 24.7 Å². The zero-order valence-electron chi connectivity index (χ0n) is 12.7. The highest BCUT2D eigenvalue weighted by molar-refractivity contribution is 7.90. The number of hydrogen-bond acceptors (Lipinski definition) is 5. The SMILES string of the molecule is Cc1[nH]nc2c1CCCN2CC1=NS(=O)(=O)c2ccccc2N1. The van der Waals surface area contributed by atoms with Gasteiger partial charge in [-0.05, 0) is 31.9 Å². The minimum Gasteiger partial charge on any atom is -0.347 e. The average Bonchev–Trinajstić information content (AvgIpc) is 2.89. The molecule has 0 fully saturated rings. The standard InChI is InChI=1S/C15H17N5O2S/c1-10-11-5-4-8-20(15(11)18-17-10)9-14-16-12-6-2-3-7-13(12)23(21,22)19-14/h2-3,6-7H,4-5,8-9H2,1H3,(H,16,19)(H,17,18). The second kappa shape index (κ2) is 5.09. The van der Waals surface area contributed by atoms with E-state index in [-0.39, 0.29) is 4.90 Å². The molecule has 23 heavy (non-hydrogen) atoms. The summed E-state index contributed by atoms with van der Waals surface area (Å²) in [6.07, 6.45) is 2.01. The van der Waals surface area contributed by atoms with E-state index in [1.54, 1.807) is 24.3 Å². The van der Waals surface area contributed by atoms with Gasteiger partial charge in [0, 0.05) is 17.8 Å². The summed E-state index contributed by atoms with van der Waals surface area (Å²) in [7, 11) is -3.64. The van der Waals surface area contributed by atoms with E-state index in [0.717, 1.165) is 30.9 Å². The number of para-hydroxylation sites is 1. The van der Waals surface area contributed by atoms with Crippen LogP contribution in [0.1, 0.15) is 17.7 Å². The number of nitrogens with one attached hydrogen (secondary N) is 2. The molecule has 2 N–H and O–H groups in total. The zero-order chi connectivity index (χ0) is 16.0. The summed E-state index contributed by atoms with van der Waals surface area (Å²) in [5, 5.41) is 10.5. The lowest BCUT2D eigenvalue weighted by molar-refractivity contribution is 0.597. The Labute approximate surface area is 134 Å². The molecule has 1 aromatic carbocycles. The number of fused-ring (bicyclic) bond motifs is 2. The number of nitrogens with zero attached hydrogens (tertiary/aromatic N) is 3. The molecule has 7 nitrogen and oxygen atoms in total. The normalized spacial score (nSPS) is 18.7. The summed E-state index contributed by atoms with van der Waals surface area (Å²) in [6, 6.07) is 6.82. The number of anilines is 2. The molecule has 4 rings (SSSR count). The van der Waals surface area contributed by atoms with Gasteiger partial charge < -0.3 is 10.2 Å². The van der Waals surface area contributed by atoms with Crippen LogP contribution >= 0.6 is 0 Å². The van der Waals surface area contributed by atoms with Crippen LogP contribution in [0.25, 0.3) is 0 Å². The second-order valence-electron chi connectivity index (χ2n) is 5.81. The van der Waals surface area contributed by atoms with Gasteiger partial charge in [0.2, 0.25) is 0 Å². The average molecular weight is 331 g/mol. The van der Waals surface area contributed by atoms with Gasteiger partial charge in [-0.15, -0.1) is 4.40 Å². The van der Waals surface area contributed by atoms with Crippen LogP contribution < -0.4 is 10.2 Å². The number of benzene rings is 1. The summed E-state index contributed by atoms with van der Waals surface area (Å²) < 4.78 is 28.5. The van der Waals surface area contributed by atoms with Gasteiger partial charge in [-0.3, -0.25) is 5.10 Å². The predicted octanol–water partition coefficient (Wildman–Crippen LogP) is 1.68. The lowest BCUT2D eigenvalue weighted by Gasteiger charge is -2.29. The molecule has 0 aliphatic carbocycles. The maximum absolute atomic E-state index is 12.3. The molecule has 3 heterocycles. The highest BCUT2D eigenvalue weighted by Gasteiger charge is 2.28. The summed E-state index contributed by atoms with van der Waals surface area (Å²) in [5.74, 6) is 1.33. The predicted molar refractivity (Wildman–Crippen MR) is 88.5 cm³/mol. The number of hydrogen-bond donors (Lipinski definition) is 2. The molecule has 0 saturated carbocycles. The molecule has 2 aromatic rings. The van der Waals surface area contributed by atoms with Gasteiger partial charge in [0.25, 0.3) is 10.0 Å². The van der Waals surface area contributed by atoms with Crippen molar-refractivity contribution in [2.24, 2.45) is 4.40 Å². The minimum absolute atomic E-state index is 0.221. The first-order valence-electron chi connectivity index (χ1n) is 7.53. The smallest absolute Gasteiger partial charge is 0.286 e. The van der Waals surface area contributed by atoms with E-state index >= 15 is 0 Å². The van der Waals surface area contributed by atoms with Gasteiger partial charge in [0.1, 0.15) is 10.7 Å². The van der Waals surface area contributed by atoms with E-state index in [0.29, 0.717) is 18.1 Å². The summed E-state index contributed by atoms with van der Waals surface area (Å²) >= 11 is 0. The monoisotopic (exact) mass is 331 g/mol. The zero-order valence-corrected chi connectivity index (χ0v) is 13.5. The first-order valence-corrected chi connectivity index (χ1v) is 8.97. The van der Waals surface area contributed by atoms with Crippen molar-refractivity contribution in [2.75, 3.05) is 23.3 Å². The fourth-order valence-electron chi connectivity index (χ4n) is 3.12. The van der Waals surface area contributed by atoms with Crippen LogP contribution in [0.4, 0.5) is 11.5 Å². The van der Waals surface area contributed by atoms with Crippen LogP contribution in [-0.2, 0) is 16.4 Å². The second-order valence-corrected chi connectivity index (χ2v) is 7.38. The van der Waals surface area contributed by atoms with Crippen molar-refractivity contribution in [3.63, 3.8) is 0 Å². The molecule has 8 heteroatoms. The molecule has 0 radical (unpaired) electrons. The third kappa shape index (κ3) is 2.39. The topological polar surface area (TPSA) is 90.5 Å². The molecule has 0 bridgehead atoms. The van der Waals surface area contributed by atoms with E-state index < -0.39 is 10.0 Å². The molecule has 0 unspecified atom stereocenters. The van der Waals surface area contributed by atoms with Crippen molar-refractivity contribution in [3.05, 3.63) is 35.5 Å². The van der Waals surface area contributed by atoms with Gasteiger partial charge >= 0.3 is 0 Å². The number of aromatic nitrogens is 2. The number of sulfonamides is 1. The molecule has 0 saturated heterocycles. The van der Waals surface area contributed by atoms with Crippen LogP contribution in [0.15, 0.2) is 33.6 Å². The van der Waals surface area contributed by atoms with E-state index in [1.165, 1.54) is 5.56 Å². The molecule has 0 atom stereocenters. The molecule has 0 spiro atoms. The maximum atomic E-state index is 12.3. The third-order valence-corrected chi connectivity index (χ3v) is 5.59. The molecule has 0 amide bonds. The highest BCUT2D eigenvalue weighted by atomic mass is 32.2. The Kier molecular flexibility index (Phi) is 3.15. The van der Waals surface area contributed by atoms with Crippen LogP contribution in [0, 0.1) is 6.92 Å². The number of H-pyrrole nitrogens is 1. The fourth-order valence-corrected chi connectivity index (χ4v) is 4.26.